The van der Waals surface area contributed by atoms with Crippen molar-refractivity contribution in [3.63, 3.8) is 0 Å². The summed E-state index contributed by atoms with van der Waals surface area (Å²) in [6, 6.07) is 15.1. The van der Waals surface area contributed by atoms with Crippen molar-refractivity contribution in [2.45, 2.75) is 33.0 Å². The first-order valence-electron chi connectivity index (χ1n) is 11.7. The first kappa shape index (κ1) is 24.9. The molecule has 0 radical (unpaired) electrons. The van der Waals surface area contributed by atoms with E-state index < -0.39 is 11.7 Å². The van der Waals surface area contributed by atoms with Gasteiger partial charge < -0.3 is 5.32 Å². The monoisotopic (exact) mass is 485 g/mol. The molecule has 2 aromatic carbocycles. The third-order valence-corrected chi connectivity index (χ3v) is 6.29. The first-order valence-corrected chi connectivity index (χ1v) is 11.7. The van der Waals surface area contributed by atoms with Crippen molar-refractivity contribution in [1.29, 1.82) is 0 Å². The molecule has 9 heteroatoms. The number of halogens is 3. The van der Waals surface area contributed by atoms with Crippen LogP contribution in [0.2, 0.25) is 0 Å². The number of amides is 1. The van der Waals surface area contributed by atoms with E-state index in [-0.39, 0.29) is 12.5 Å². The molecule has 186 valence electrons. The number of aryl methyl sites for hydroxylation is 1. The van der Waals surface area contributed by atoms with Crippen LogP contribution in [0.15, 0.2) is 54.6 Å². The summed E-state index contributed by atoms with van der Waals surface area (Å²) in [7, 11) is 0. The number of carbonyl (C=O) groups is 1. The van der Waals surface area contributed by atoms with Crippen molar-refractivity contribution >= 4 is 11.6 Å². The normalized spacial score (nSPS) is 15.7. The van der Waals surface area contributed by atoms with Crippen molar-refractivity contribution in [2.24, 2.45) is 0 Å². The van der Waals surface area contributed by atoms with E-state index in [1.165, 1.54) is 0 Å². The second-order valence-electron chi connectivity index (χ2n) is 8.94. The van der Waals surface area contributed by atoms with Gasteiger partial charge in [-0.15, -0.1) is 0 Å². The Balaban J connectivity index is 1.31. The Morgan fingerprint density at radius 2 is 1.60 bits per heavy atom. The molecule has 0 bridgehead atoms. The molecule has 6 nitrogen and oxygen atoms in total. The number of carbonyl (C=O) groups excluding carboxylic acids is 1. The lowest BCUT2D eigenvalue weighted by Crippen LogP contribution is -2.36. The van der Waals surface area contributed by atoms with Crippen LogP contribution in [0, 0.1) is 13.8 Å². The van der Waals surface area contributed by atoms with Crippen molar-refractivity contribution < 1.29 is 18.0 Å². The maximum absolute atomic E-state index is 12.8. The highest BCUT2D eigenvalue weighted by Gasteiger charge is 2.30. The van der Waals surface area contributed by atoms with Crippen molar-refractivity contribution in [3.05, 3.63) is 77.1 Å². The van der Waals surface area contributed by atoms with Gasteiger partial charge in [0.2, 0.25) is 5.91 Å². The van der Waals surface area contributed by atoms with Gasteiger partial charge in [-0.2, -0.15) is 18.3 Å². The summed E-state index contributed by atoms with van der Waals surface area (Å²) in [6.45, 7) is 7.78. The van der Waals surface area contributed by atoms with Gasteiger partial charge in [0.25, 0.3) is 0 Å². The van der Waals surface area contributed by atoms with Crippen LogP contribution >= 0.6 is 0 Å². The number of nitrogens with zero attached hydrogens (tertiary/aromatic N) is 4. The van der Waals surface area contributed by atoms with Crippen LogP contribution < -0.4 is 5.32 Å². The van der Waals surface area contributed by atoms with E-state index in [1.54, 1.807) is 12.1 Å². The van der Waals surface area contributed by atoms with E-state index in [9.17, 15) is 18.0 Å². The Morgan fingerprint density at radius 1 is 0.943 bits per heavy atom. The minimum Gasteiger partial charge on any atom is -0.322 e. The predicted octanol–water partition coefficient (Wildman–Crippen LogP) is 4.65. The van der Waals surface area contributed by atoms with Gasteiger partial charge >= 0.3 is 6.18 Å². The smallest absolute Gasteiger partial charge is 0.322 e. The molecule has 1 aromatic heterocycles. The van der Waals surface area contributed by atoms with E-state index in [0.717, 1.165) is 73.1 Å². The molecule has 2 heterocycles. The second kappa shape index (κ2) is 10.6. The number of alkyl halides is 3. The molecule has 4 rings (SSSR count). The quantitative estimate of drug-likeness (QED) is 0.552. The minimum atomic E-state index is -4.32. The molecule has 3 aromatic rings. The summed E-state index contributed by atoms with van der Waals surface area (Å²) >= 11 is 0. The van der Waals surface area contributed by atoms with Gasteiger partial charge in [-0.05, 0) is 63.2 Å². The predicted molar refractivity (Wildman–Crippen MR) is 129 cm³/mol. The highest BCUT2D eigenvalue weighted by molar-refractivity contribution is 5.93. The molecule has 1 saturated heterocycles. The average Bonchev–Trinajstić information content (AvgIpc) is 2.97. The Labute approximate surface area is 203 Å². The Hall–Kier alpha value is -3.17. The molecule has 35 heavy (non-hydrogen) atoms. The Kier molecular flexibility index (Phi) is 7.57. The maximum atomic E-state index is 12.8. The zero-order valence-corrected chi connectivity index (χ0v) is 20.0. The van der Waals surface area contributed by atoms with Gasteiger partial charge in [0, 0.05) is 19.6 Å². The molecule has 1 amide bonds. The van der Waals surface area contributed by atoms with E-state index in [0.29, 0.717) is 6.54 Å². The van der Waals surface area contributed by atoms with Gasteiger partial charge in [-0.1, -0.05) is 30.3 Å². The number of hydrogen-bond donors (Lipinski definition) is 1. The molecule has 0 aliphatic carbocycles. The topological polar surface area (TPSA) is 53.4 Å². The number of benzene rings is 2. The molecule has 0 saturated carbocycles. The number of anilines is 1. The fourth-order valence-corrected chi connectivity index (χ4v) is 4.42. The van der Waals surface area contributed by atoms with E-state index in [2.05, 4.69) is 20.2 Å². The molecular weight excluding hydrogens is 455 g/mol. The highest BCUT2D eigenvalue weighted by atomic mass is 19.4. The lowest BCUT2D eigenvalue weighted by Gasteiger charge is -2.21. The van der Waals surface area contributed by atoms with Crippen molar-refractivity contribution in [1.82, 2.24) is 19.6 Å². The van der Waals surface area contributed by atoms with Crippen molar-refractivity contribution in [3.8, 4) is 5.69 Å². The van der Waals surface area contributed by atoms with Gasteiger partial charge in [0.05, 0.1) is 34.9 Å². The number of para-hydroxylation sites is 1. The van der Waals surface area contributed by atoms with E-state index in [4.69, 9.17) is 0 Å². The number of hydrogen-bond acceptors (Lipinski definition) is 4. The second-order valence-corrected chi connectivity index (χ2v) is 8.94. The molecule has 0 atom stereocenters. The number of rotatable bonds is 6. The summed E-state index contributed by atoms with van der Waals surface area (Å²) in [5.41, 5.74) is 3.53. The average molecular weight is 486 g/mol. The summed E-state index contributed by atoms with van der Waals surface area (Å²) in [6.07, 6.45) is -3.43. The Bertz CT molecular complexity index is 1140. The van der Waals surface area contributed by atoms with Gasteiger partial charge in [0.15, 0.2) is 0 Å². The largest absolute Gasteiger partial charge is 0.416 e. The fourth-order valence-electron chi connectivity index (χ4n) is 4.42. The zero-order chi connectivity index (χ0) is 25.0. The highest BCUT2D eigenvalue weighted by Crippen LogP contribution is 2.29. The lowest BCUT2D eigenvalue weighted by molar-refractivity contribution is -0.137. The molecule has 1 N–H and O–H groups in total. The third kappa shape index (κ3) is 6.29. The standard InChI is InChI=1S/C26H30F3N5O/c1-19-25(20(2)34(31-19)23-7-4-3-5-8-23)30-24(35)18-33-14-6-13-32(15-16-33)17-21-9-11-22(12-10-21)26(27,28)29/h3-5,7-12H,6,13-18H2,1-2H3,(H,30,35). The van der Waals surface area contributed by atoms with Crippen LogP contribution in [0.25, 0.3) is 5.69 Å². The number of nitrogens with one attached hydrogen (secondary N) is 1. The van der Waals surface area contributed by atoms with Gasteiger partial charge in [-0.3, -0.25) is 14.6 Å². The van der Waals surface area contributed by atoms with Crippen LogP contribution in [0.4, 0.5) is 18.9 Å². The summed E-state index contributed by atoms with van der Waals surface area (Å²) in [5, 5.41) is 7.62. The van der Waals surface area contributed by atoms with Crippen LogP contribution in [-0.4, -0.2) is 58.2 Å². The molecule has 0 unspecified atom stereocenters. The van der Waals surface area contributed by atoms with Crippen LogP contribution in [0.5, 0.6) is 0 Å². The minimum absolute atomic E-state index is 0.0833. The van der Waals surface area contributed by atoms with Crippen molar-refractivity contribution in [2.75, 3.05) is 38.0 Å². The SMILES string of the molecule is Cc1nn(-c2ccccc2)c(C)c1NC(=O)CN1CCCN(Cc2ccc(C(F)(F)F)cc2)CC1. The van der Waals surface area contributed by atoms with Gasteiger partial charge in [-0.25, -0.2) is 4.68 Å². The summed E-state index contributed by atoms with van der Waals surface area (Å²) in [5.74, 6) is -0.0833. The molecule has 1 fully saturated rings. The number of aromatic nitrogens is 2. The summed E-state index contributed by atoms with van der Waals surface area (Å²) < 4.78 is 40.2. The fraction of sp³-hybridized carbons (Fsp3) is 0.385. The maximum Gasteiger partial charge on any atom is 0.416 e. The van der Waals surface area contributed by atoms with E-state index >= 15 is 0 Å². The van der Waals surface area contributed by atoms with Gasteiger partial charge in [0.1, 0.15) is 0 Å². The first-order chi connectivity index (χ1) is 16.7. The van der Waals surface area contributed by atoms with E-state index in [1.807, 2.05) is 48.9 Å². The Morgan fingerprint density at radius 3 is 2.29 bits per heavy atom. The zero-order valence-electron chi connectivity index (χ0n) is 20.0. The molecule has 1 aliphatic heterocycles. The molecule has 1 aliphatic rings. The van der Waals surface area contributed by atoms with Crippen LogP contribution in [0.3, 0.4) is 0 Å². The lowest BCUT2D eigenvalue weighted by atomic mass is 10.1. The van der Waals surface area contributed by atoms with Crippen LogP contribution in [-0.2, 0) is 17.5 Å². The molecule has 0 spiro atoms. The molecular formula is C26H30F3N5O. The third-order valence-electron chi connectivity index (χ3n) is 6.29. The summed E-state index contributed by atoms with van der Waals surface area (Å²) in [4.78, 5) is 17.2. The van der Waals surface area contributed by atoms with Crippen LogP contribution in [0.1, 0.15) is 28.9 Å².